The number of hydrogen-bond acceptors (Lipinski definition) is 2. The van der Waals surface area contributed by atoms with E-state index in [1.165, 1.54) is 24.8 Å². The Bertz CT molecular complexity index is 438. The van der Waals surface area contributed by atoms with Gasteiger partial charge in [-0.15, -0.1) is 0 Å². The van der Waals surface area contributed by atoms with Crippen molar-refractivity contribution >= 4 is 11.6 Å². The molecule has 0 spiro atoms. The van der Waals surface area contributed by atoms with Crippen molar-refractivity contribution in [3.63, 3.8) is 0 Å². The van der Waals surface area contributed by atoms with E-state index >= 15 is 0 Å². The maximum absolute atomic E-state index is 11.8. The summed E-state index contributed by atoms with van der Waals surface area (Å²) in [7, 11) is 0. The van der Waals surface area contributed by atoms with Crippen LogP contribution in [0.3, 0.4) is 0 Å². The number of anilines is 1. The molecule has 2 rings (SSSR count). The second-order valence-corrected chi connectivity index (χ2v) is 4.35. The molecule has 0 aliphatic heterocycles. The van der Waals surface area contributed by atoms with Crippen LogP contribution < -0.4 is 11.1 Å². The molecule has 0 radical (unpaired) electrons. The van der Waals surface area contributed by atoms with Crippen LogP contribution in [0.2, 0.25) is 0 Å². The number of rotatable bonds is 4. The highest BCUT2D eigenvalue weighted by atomic mass is 16.1. The van der Waals surface area contributed by atoms with E-state index in [-0.39, 0.29) is 5.91 Å². The topological polar surface area (TPSA) is 55.1 Å². The molecule has 1 amide bonds. The standard InChI is InChI=1S/C14H18N2O/c15-13-8-4-3-7-12(13)14(17)16-10-9-11-5-1-2-6-11/h3-5,7-8H,1-2,6,9-10,15H2,(H,16,17). The molecule has 0 aromatic heterocycles. The predicted molar refractivity (Wildman–Crippen MR) is 69.7 cm³/mol. The van der Waals surface area contributed by atoms with Gasteiger partial charge in [-0.05, 0) is 37.8 Å². The summed E-state index contributed by atoms with van der Waals surface area (Å²) in [5.41, 5.74) is 8.30. The van der Waals surface area contributed by atoms with E-state index in [1.54, 1.807) is 12.1 Å². The van der Waals surface area contributed by atoms with Gasteiger partial charge in [-0.3, -0.25) is 4.79 Å². The number of carbonyl (C=O) groups is 1. The van der Waals surface area contributed by atoms with E-state index in [9.17, 15) is 4.79 Å². The highest BCUT2D eigenvalue weighted by Crippen LogP contribution is 2.19. The van der Waals surface area contributed by atoms with Crippen LogP contribution in [0, 0.1) is 0 Å². The zero-order valence-corrected chi connectivity index (χ0v) is 9.91. The third-order valence-corrected chi connectivity index (χ3v) is 3.07. The molecule has 17 heavy (non-hydrogen) atoms. The van der Waals surface area contributed by atoms with Crippen molar-refractivity contribution in [1.29, 1.82) is 0 Å². The van der Waals surface area contributed by atoms with E-state index < -0.39 is 0 Å². The van der Waals surface area contributed by atoms with Gasteiger partial charge in [-0.1, -0.05) is 23.8 Å². The van der Waals surface area contributed by atoms with Crippen LogP contribution in [-0.4, -0.2) is 12.5 Å². The minimum Gasteiger partial charge on any atom is -0.398 e. The quantitative estimate of drug-likeness (QED) is 0.616. The molecular weight excluding hydrogens is 212 g/mol. The SMILES string of the molecule is Nc1ccccc1C(=O)NCCC1=CCCC1. The van der Waals surface area contributed by atoms with Gasteiger partial charge >= 0.3 is 0 Å². The summed E-state index contributed by atoms with van der Waals surface area (Å²) in [4.78, 5) is 11.8. The lowest BCUT2D eigenvalue weighted by atomic mass is 10.1. The smallest absolute Gasteiger partial charge is 0.253 e. The van der Waals surface area contributed by atoms with Crippen LogP contribution in [0.5, 0.6) is 0 Å². The Morgan fingerprint density at radius 3 is 2.88 bits per heavy atom. The molecule has 1 aromatic carbocycles. The summed E-state index contributed by atoms with van der Waals surface area (Å²) in [5.74, 6) is -0.0818. The molecule has 1 aliphatic rings. The van der Waals surface area contributed by atoms with Gasteiger partial charge in [-0.2, -0.15) is 0 Å². The number of nitrogen functional groups attached to an aromatic ring is 1. The van der Waals surface area contributed by atoms with Gasteiger partial charge in [0.2, 0.25) is 0 Å². The molecule has 0 heterocycles. The number of amides is 1. The van der Waals surface area contributed by atoms with Gasteiger partial charge in [0, 0.05) is 12.2 Å². The summed E-state index contributed by atoms with van der Waals surface area (Å²) in [6, 6.07) is 7.15. The highest BCUT2D eigenvalue weighted by molar-refractivity contribution is 5.99. The van der Waals surface area contributed by atoms with Crippen molar-refractivity contribution in [2.45, 2.75) is 25.7 Å². The summed E-state index contributed by atoms with van der Waals surface area (Å²) < 4.78 is 0. The number of hydrogen-bond donors (Lipinski definition) is 2. The van der Waals surface area contributed by atoms with Crippen molar-refractivity contribution in [2.24, 2.45) is 0 Å². The first kappa shape index (κ1) is 11.7. The normalized spacial score (nSPS) is 14.5. The number of benzene rings is 1. The predicted octanol–water partition coefficient (Wildman–Crippen LogP) is 2.50. The Morgan fingerprint density at radius 1 is 1.35 bits per heavy atom. The summed E-state index contributed by atoms with van der Waals surface area (Å²) in [6.45, 7) is 0.693. The number of nitrogens with one attached hydrogen (secondary N) is 1. The number of para-hydroxylation sites is 1. The lowest BCUT2D eigenvalue weighted by molar-refractivity contribution is 0.0955. The summed E-state index contributed by atoms with van der Waals surface area (Å²) in [6.07, 6.45) is 6.87. The minimum atomic E-state index is -0.0818. The lowest BCUT2D eigenvalue weighted by Gasteiger charge is -2.07. The Morgan fingerprint density at radius 2 is 2.18 bits per heavy atom. The van der Waals surface area contributed by atoms with Gasteiger partial charge in [-0.25, -0.2) is 0 Å². The second kappa shape index (κ2) is 5.53. The van der Waals surface area contributed by atoms with E-state index in [0.717, 1.165) is 6.42 Å². The molecule has 0 bridgehead atoms. The van der Waals surface area contributed by atoms with Gasteiger partial charge in [0.15, 0.2) is 0 Å². The molecule has 3 nitrogen and oxygen atoms in total. The van der Waals surface area contributed by atoms with Crippen LogP contribution in [0.1, 0.15) is 36.0 Å². The minimum absolute atomic E-state index is 0.0818. The summed E-state index contributed by atoms with van der Waals surface area (Å²) >= 11 is 0. The van der Waals surface area contributed by atoms with Crippen molar-refractivity contribution in [3.8, 4) is 0 Å². The fourth-order valence-corrected chi connectivity index (χ4v) is 2.10. The Kier molecular flexibility index (Phi) is 3.81. The molecule has 0 fully saturated rings. The van der Waals surface area contributed by atoms with E-state index in [1.807, 2.05) is 12.1 Å². The number of allylic oxidation sites excluding steroid dienone is 1. The average Bonchev–Trinajstić information content (AvgIpc) is 2.82. The Hall–Kier alpha value is -1.77. The summed E-state index contributed by atoms with van der Waals surface area (Å²) in [5, 5.41) is 2.91. The molecular formula is C14H18N2O. The molecule has 0 saturated heterocycles. The first-order valence-electron chi connectivity index (χ1n) is 6.08. The van der Waals surface area contributed by atoms with E-state index in [0.29, 0.717) is 17.8 Å². The van der Waals surface area contributed by atoms with Gasteiger partial charge in [0.05, 0.1) is 5.56 Å². The molecule has 1 aliphatic carbocycles. The van der Waals surface area contributed by atoms with Crippen LogP contribution in [0.4, 0.5) is 5.69 Å². The molecule has 0 saturated carbocycles. The van der Waals surface area contributed by atoms with Crippen molar-refractivity contribution in [1.82, 2.24) is 5.32 Å². The van der Waals surface area contributed by atoms with Crippen molar-refractivity contribution < 1.29 is 4.79 Å². The molecule has 3 N–H and O–H groups in total. The van der Waals surface area contributed by atoms with Crippen LogP contribution >= 0.6 is 0 Å². The maximum Gasteiger partial charge on any atom is 0.253 e. The highest BCUT2D eigenvalue weighted by Gasteiger charge is 2.09. The molecule has 90 valence electrons. The van der Waals surface area contributed by atoms with Crippen LogP contribution in [0.25, 0.3) is 0 Å². The van der Waals surface area contributed by atoms with Crippen molar-refractivity contribution in [3.05, 3.63) is 41.5 Å². The molecule has 3 heteroatoms. The van der Waals surface area contributed by atoms with Gasteiger partial charge in [0.1, 0.15) is 0 Å². The van der Waals surface area contributed by atoms with Crippen molar-refractivity contribution in [2.75, 3.05) is 12.3 Å². The van der Waals surface area contributed by atoms with Crippen LogP contribution in [0.15, 0.2) is 35.9 Å². The first-order valence-corrected chi connectivity index (χ1v) is 6.08. The van der Waals surface area contributed by atoms with E-state index in [2.05, 4.69) is 11.4 Å². The van der Waals surface area contributed by atoms with E-state index in [4.69, 9.17) is 5.73 Å². The maximum atomic E-state index is 11.8. The Balaban J connectivity index is 1.83. The zero-order chi connectivity index (χ0) is 12.1. The fraction of sp³-hybridized carbons (Fsp3) is 0.357. The average molecular weight is 230 g/mol. The second-order valence-electron chi connectivity index (χ2n) is 4.35. The number of carbonyl (C=O) groups excluding carboxylic acids is 1. The van der Waals surface area contributed by atoms with Gasteiger partial charge < -0.3 is 11.1 Å². The zero-order valence-electron chi connectivity index (χ0n) is 9.91. The third kappa shape index (κ3) is 3.09. The molecule has 0 unspecified atom stereocenters. The van der Waals surface area contributed by atoms with Gasteiger partial charge in [0.25, 0.3) is 5.91 Å². The molecule has 1 aromatic rings. The first-order chi connectivity index (χ1) is 8.27. The third-order valence-electron chi connectivity index (χ3n) is 3.07. The lowest BCUT2D eigenvalue weighted by Crippen LogP contribution is -2.25. The number of nitrogens with two attached hydrogens (primary N) is 1. The monoisotopic (exact) mass is 230 g/mol. The Labute approximate surface area is 102 Å². The molecule has 0 atom stereocenters. The fourth-order valence-electron chi connectivity index (χ4n) is 2.10. The largest absolute Gasteiger partial charge is 0.398 e. The van der Waals surface area contributed by atoms with Crippen LogP contribution in [-0.2, 0) is 0 Å².